The molecular formula is C5H7+. The molecule has 0 spiro atoms. The maximum Gasteiger partial charge on any atom is 0.0894 e. The fraction of sp³-hybridized carbons (Fsp3) is 0.400. The molecule has 1 saturated carbocycles. The van der Waals surface area contributed by atoms with Crippen molar-refractivity contribution in [3.05, 3.63) is 18.6 Å². The lowest BCUT2D eigenvalue weighted by Gasteiger charge is -1.51. The van der Waals surface area contributed by atoms with Gasteiger partial charge < -0.3 is 0 Å². The van der Waals surface area contributed by atoms with Crippen LogP contribution in [0.5, 0.6) is 0 Å². The van der Waals surface area contributed by atoms with Gasteiger partial charge in [0.1, 0.15) is 0 Å². The average molecular weight is 67.1 g/mol. The topological polar surface area (TPSA) is 0 Å². The lowest BCUT2D eigenvalue weighted by atomic mass is 10.4. The number of hydrogen-bond donors (Lipinski definition) is 0. The number of hydrogen-bond acceptors (Lipinski definition) is 0. The first-order chi connectivity index (χ1) is 2.43. The summed E-state index contributed by atoms with van der Waals surface area (Å²) in [5, 5.41) is 0. The Kier molecular flexibility index (Phi) is 0.442. The van der Waals surface area contributed by atoms with Crippen molar-refractivity contribution in [2.75, 3.05) is 0 Å². The van der Waals surface area contributed by atoms with Crippen molar-refractivity contribution < 1.29 is 0 Å². The van der Waals surface area contributed by atoms with Crippen LogP contribution >= 0.6 is 0 Å². The molecule has 0 radical (unpaired) electrons. The second kappa shape index (κ2) is 0.781. The van der Waals surface area contributed by atoms with Crippen LogP contribution in [-0.2, 0) is 0 Å². The molecule has 0 amide bonds. The monoisotopic (exact) mass is 67.1 g/mol. The maximum atomic E-state index is 3.59. The molecule has 1 rings (SSSR count). The van der Waals surface area contributed by atoms with E-state index in [-0.39, 0.29) is 0 Å². The molecule has 26 valence electrons. The van der Waals surface area contributed by atoms with Crippen LogP contribution in [0.25, 0.3) is 0 Å². The third-order valence-corrected chi connectivity index (χ3v) is 0.827. The minimum Gasteiger partial charge on any atom is 0.0267 e. The van der Waals surface area contributed by atoms with E-state index in [2.05, 4.69) is 6.58 Å². The summed E-state index contributed by atoms with van der Waals surface area (Å²) >= 11 is 0. The zero-order valence-electron chi connectivity index (χ0n) is 3.20. The van der Waals surface area contributed by atoms with Gasteiger partial charge in [0, 0.05) is 6.58 Å². The van der Waals surface area contributed by atoms with Crippen LogP contribution in [0.3, 0.4) is 0 Å². The van der Waals surface area contributed by atoms with Gasteiger partial charge in [-0.05, 0) is 0 Å². The van der Waals surface area contributed by atoms with Gasteiger partial charge in [0.2, 0.25) is 0 Å². The van der Waals surface area contributed by atoms with E-state index in [9.17, 15) is 0 Å². The second-order valence-corrected chi connectivity index (χ2v) is 1.36. The van der Waals surface area contributed by atoms with Crippen molar-refractivity contribution in [1.82, 2.24) is 0 Å². The van der Waals surface area contributed by atoms with Crippen molar-refractivity contribution >= 4 is 0 Å². The van der Waals surface area contributed by atoms with E-state index < -0.39 is 0 Å². The summed E-state index contributed by atoms with van der Waals surface area (Å²) in [6.45, 7) is 3.59. The van der Waals surface area contributed by atoms with Gasteiger partial charge >= 0.3 is 0 Å². The van der Waals surface area contributed by atoms with Crippen molar-refractivity contribution in [3.63, 3.8) is 0 Å². The van der Waals surface area contributed by atoms with Crippen LogP contribution in [0.2, 0.25) is 0 Å². The zero-order valence-corrected chi connectivity index (χ0v) is 3.20. The fourth-order valence-electron chi connectivity index (χ4n) is 0.276. The first-order valence-electron chi connectivity index (χ1n) is 1.90. The zero-order chi connectivity index (χ0) is 3.70. The van der Waals surface area contributed by atoms with E-state index in [1.54, 1.807) is 0 Å². The van der Waals surface area contributed by atoms with Gasteiger partial charge in [-0.2, -0.15) is 0 Å². The molecule has 0 heterocycles. The standard InChI is InChI=1S/C5H7/c1-2-5-3-4-5/h2H,1,3-4H2/q+1. The molecule has 0 bridgehead atoms. The summed E-state index contributed by atoms with van der Waals surface area (Å²) in [7, 11) is 0. The molecule has 0 saturated heterocycles. The highest BCUT2D eigenvalue weighted by atomic mass is 14.2. The molecule has 0 nitrogen and oxygen atoms in total. The Bertz CT molecular complexity index is 42.0. The third-order valence-electron chi connectivity index (χ3n) is 0.827. The van der Waals surface area contributed by atoms with E-state index in [0.717, 1.165) is 0 Å². The highest BCUT2D eigenvalue weighted by molar-refractivity contribution is 5.18. The predicted octanol–water partition coefficient (Wildman–Crippen LogP) is 1.54. The molecule has 0 aliphatic heterocycles. The van der Waals surface area contributed by atoms with Crippen LogP contribution in [-0.4, -0.2) is 0 Å². The lowest BCUT2D eigenvalue weighted by molar-refractivity contribution is 1.50. The molecule has 0 unspecified atom stereocenters. The molecule has 0 atom stereocenters. The Labute approximate surface area is 32.5 Å². The summed E-state index contributed by atoms with van der Waals surface area (Å²) in [6, 6.07) is 0. The predicted molar refractivity (Wildman–Crippen MR) is 22.7 cm³/mol. The minimum atomic E-state index is 1.31. The summed E-state index contributed by atoms with van der Waals surface area (Å²) in [6.07, 6.45) is 4.56. The van der Waals surface area contributed by atoms with E-state index >= 15 is 0 Å². The maximum absolute atomic E-state index is 3.59. The Hall–Kier alpha value is -0.390. The summed E-state index contributed by atoms with van der Waals surface area (Å²) < 4.78 is 0. The molecule has 0 aromatic heterocycles. The van der Waals surface area contributed by atoms with Gasteiger partial charge in [0.25, 0.3) is 0 Å². The average Bonchev–Trinajstić information content (AvgIpc) is 2.12. The van der Waals surface area contributed by atoms with Crippen molar-refractivity contribution in [2.45, 2.75) is 12.8 Å². The molecule has 1 fully saturated rings. The van der Waals surface area contributed by atoms with Gasteiger partial charge in [0.15, 0.2) is 0 Å². The molecule has 0 N–H and O–H groups in total. The first-order valence-corrected chi connectivity index (χ1v) is 1.90. The van der Waals surface area contributed by atoms with Crippen LogP contribution in [0, 0.1) is 5.92 Å². The van der Waals surface area contributed by atoms with Crippen LogP contribution in [0.1, 0.15) is 12.8 Å². The van der Waals surface area contributed by atoms with Crippen LogP contribution in [0.15, 0.2) is 12.7 Å². The summed E-state index contributed by atoms with van der Waals surface area (Å²) in [5.74, 6) is 1.52. The Balaban J connectivity index is 2.21. The third kappa shape index (κ3) is 0.440. The molecule has 0 heteroatoms. The molecule has 5 heavy (non-hydrogen) atoms. The lowest BCUT2D eigenvalue weighted by Crippen LogP contribution is -1.46. The normalized spacial score (nSPS) is 18.8. The summed E-state index contributed by atoms with van der Waals surface area (Å²) in [4.78, 5) is 0. The van der Waals surface area contributed by atoms with Crippen molar-refractivity contribution in [2.24, 2.45) is 0 Å². The van der Waals surface area contributed by atoms with Gasteiger partial charge in [-0.1, -0.05) is 0 Å². The van der Waals surface area contributed by atoms with Crippen LogP contribution in [0.4, 0.5) is 0 Å². The van der Waals surface area contributed by atoms with E-state index in [1.165, 1.54) is 18.8 Å². The first kappa shape index (κ1) is 2.83. The van der Waals surface area contributed by atoms with E-state index in [0.29, 0.717) is 0 Å². The molecule has 0 aromatic carbocycles. The van der Waals surface area contributed by atoms with Gasteiger partial charge in [-0.25, -0.2) is 0 Å². The molecule has 0 aromatic rings. The van der Waals surface area contributed by atoms with Crippen molar-refractivity contribution in [1.29, 1.82) is 0 Å². The Morgan fingerprint density at radius 2 is 2.20 bits per heavy atom. The quantitative estimate of drug-likeness (QED) is 0.408. The summed E-state index contributed by atoms with van der Waals surface area (Å²) in [5.41, 5.74) is 0. The van der Waals surface area contributed by atoms with Gasteiger partial charge in [-0.15, -0.1) is 0 Å². The minimum absolute atomic E-state index is 1.31. The van der Waals surface area contributed by atoms with E-state index in [1.807, 2.05) is 6.08 Å². The number of allylic oxidation sites excluding steroid dienone is 1. The highest BCUT2D eigenvalue weighted by Gasteiger charge is 2.25. The Morgan fingerprint density at radius 3 is 2.20 bits per heavy atom. The molecule has 1 aliphatic carbocycles. The molecular weight excluding hydrogens is 60.1 g/mol. The Morgan fingerprint density at radius 1 is 1.60 bits per heavy atom. The van der Waals surface area contributed by atoms with Gasteiger partial charge in [-0.3, -0.25) is 0 Å². The second-order valence-electron chi connectivity index (χ2n) is 1.36. The fourth-order valence-corrected chi connectivity index (χ4v) is 0.276. The van der Waals surface area contributed by atoms with Gasteiger partial charge in [0.05, 0.1) is 24.8 Å². The molecule has 1 aliphatic rings. The number of rotatable bonds is 1. The van der Waals surface area contributed by atoms with E-state index in [4.69, 9.17) is 0 Å². The SMILES string of the molecule is C=C[C+]1CC1. The smallest absolute Gasteiger partial charge is 0.0267 e. The van der Waals surface area contributed by atoms with Crippen LogP contribution < -0.4 is 0 Å². The highest BCUT2D eigenvalue weighted by Crippen LogP contribution is 2.31. The largest absolute Gasteiger partial charge is 0.0894 e. The van der Waals surface area contributed by atoms with Crippen molar-refractivity contribution in [3.8, 4) is 0 Å².